The highest BCUT2D eigenvalue weighted by atomic mass is 35.5. The van der Waals surface area contributed by atoms with Crippen LogP contribution in [0.3, 0.4) is 0 Å². The number of fused-ring (bicyclic) bond motifs is 3. The van der Waals surface area contributed by atoms with E-state index in [1.807, 2.05) is 32.6 Å². The molecule has 36 heavy (non-hydrogen) atoms. The lowest BCUT2D eigenvalue weighted by Crippen LogP contribution is -2.45. The molecule has 2 aliphatic heterocycles. The van der Waals surface area contributed by atoms with E-state index in [1.54, 1.807) is 12.1 Å². The number of halogens is 4. The first-order valence-corrected chi connectivity index (χ1v) is 12.5. The number of likely N-dealkylation sites (tertiary alicyclic amines) is 1. The first-order chi connectivity index (χ1) is 16.8. The number of carboxylic acids is 1. The number of carbonyl (C=O) groups is 2. The molecule has 0 atom stereocenters. The lowest BCUT2D eigenvalue weighted by molar-refractivity contribution is -0.143. The standard InChI is InChI=1S/C26H26Cl2FN3O3.ClH/c27-18-10-16(11-19(28)12-18)13-32-23-14-31(9-6-20(23)21-2-1-3-22(29)25(21)32)24(33)15-30-7-4-17(5-8-30)26(34)35;/h1-3,10-12,17H,4-9,13-15H2,(H,34,35);1H. The van der Waals surface area contributed by atoms with Crippen molar-refractivity contribution in [2.75, 3.05) is 26.2 Å². The monoisotopic (exact) mass is 553 g/mol. The Morgan fingerprint density at radius 3 is 2.42 bits per heavy atom. The molecule has 3 heterocycles. The molecule has 0 spiro atoms. The average molecular weight is 555 g/mol. The zero-order valence-electron chi connectivity index (χ0n) is 19.6. The molecule has 1 fully saturated rings. The van der Waals surface area contributed by atoms with Crippen molar-refractivity contribution in [3.05, 3.63) is 69.1 Å². The summed E-state index contributed by atoms with van der Waals surface area (Å²) in [6.07, 6.45) is 1.76. The predicted molar refractivity (Wildman–Crippen MR) is 141 cm³/mol. The number of piperidine rings is 1. The van der Waals surface area contributed by atoms with Crippen LogP contribution in [0.2, 0.25) is 10.0 Å². The number of nitrogens with zero attached hydrogens (tertiary/aromatic N) is 3. The summed E-state index contributed by atoms with van der Waals surface area (Å²) >= 11 is 12.4. The maximum Gasteiger partial charge on any atom is 0.306 e. The van der Waals surface area contributed by atoms with Crippen molar-refractivity contribution in [2.45, 2.75) is 32.4 Å². The molecular formula is C26H27Cl3FN3O3. The molecule has 1 N–H and O–H groups in total. The highest BCUT2D eigenvalue weighted by molar-refractivity contribution is 6.34. The molecule has 192 valence electrons. The lowest BCUT2D eigenvalue weighted by Gasteiger charge is -2.33. The summed E-state index contributed by atoms with van der Waals surface area (Å²) in [5.74, 6) is -1.39. The van der Waals surface area contributed by atoms with Gasteiger partial charge in [0.2, 0.25) is 5.91 Å². The van der Waals surface area contributed by atoms with Crippen LogP contribution < -0.4 is 0 Å². The van der Waals surface area contributed by atoms with Crippen LogP contribution in [0.25, 0.3) is 10.9 Å². The van der Waals surface area contributed by atoms with Crippen molar-refractivity contribution >= 4 is 58.4 Å². The van der Waals surface area contributed by atoms with Crippen molar-refractivity contribution in [1.29, 1.82) is 0 Å². The molecule has 3 aromatic rings. The Bertz CT molecular complexity index is 1280. The van der Waals surface area contributed by atoms with Gasteiger partial charge in [0.05, 0.1) is 24.5 Å². The Balaban J connectivity index is 0.00000304. The Morgan fingerprint density at radius 2 is 1.75 bits per heavy atom. The van der Waals surface area contributed by atoms with Gasteiger partial charge >= 0.3 is 5.97 Å². The van der Waals surface area contributed by atoms with E-state index in [0.29, 0.717) is 67.5 Å². The molecule has 10 heteroatoms. The number of benzene rings is 2. The molecule has 1 saturated heterocycles. The maximum atomic E-state index is 15.0. The van der Waals surface area contributed by atoms with E-state index in [9.17, 15) is 14.7 Å². The summed E-state index contributed by atoms with van der Waals surface area (Å²) in [5.41, 5.74) is 3.37. The van der Waals surface area contributed by atoms with Crippen LogP contribution in [0.1, 0.15) is 29.7 Å². The summed E-state index contributed by atoms with van der Waals surface area (Å²) < 4.78 is 17.0. The first-order valence-electron chi connectivity index (χ1n) is 11.8. The third-order valence-electron chi connectivity index (χ3n) is 7.14. The molecule has 2 aliphatic rings. The minimum atomic E-state index is -0.763. The van der Waals surface area contributed by atoms with Crippen LogP contribution >= 0.6 is 35.6 Å². The van der Waals surface area contributed by atoms with Crippen LogP contribution in [-0.4, -0.2) is 57.5 Å². The molecule has 0 bridgehead atoms. The van der Waals surface area contributed by atoms with Crippen molar-refractivity contribution in [3.63, 3.8) is 0 Å². The second-order valence-corrected chi connectivity index (χ2v) is 10.3. The Morgan fingerprint density at radius 1 is 1.06 bits per heavy atom. The SMILES string of the molecule is Cl.O=C(O)C1CCN(CC(=O)N2CCc3c(n(Cc4cc(Cl)cc(Cl)c4)c4c(F)cccc34)C2)CC1. The third kappa shape index (κ3) is 5.35. The van der Waals surface area contributed by atoms with E-state index >= 15 is 4.39 Å². The van der Waals surface area contributed by atoms with E-state index in [2.05, 4.69) is 0 Å². The molecule has 6 nitrogen and oxygen atoms in total. The van der Waals surface area contributed by atoms with Crippen LogP contribution in [0, 0.1) is 11.7 Å². The van der Waals surface area contributed by atoms with E-state index in [-0.39, 0.29) is 36.6 Å². The zero-order chi connectivity index (χ0) is 24.7. The summed E-state index contributed by atoms with van der Waals surface area (Å²) in [5, 5.41) is 11.1. The van der Waals surface area contributed by atoms with Gasteiger partial charge in [-0.15, -0.1) is 12.4 Å². The predicted octanol–water partition coefficient (Wildman–Crippen LogP) is 5.24. The smallest absolute Gasteiger partial charge is 0.306 e. The fraction of sp³-hybridized carbons (Fsp3) is 0.385. The molecule has 0 saturated carbocycles. The number of aromatic nitrogens is 1. The van der Waals surface area contributed by atoms with Crippen LogP contribution in [0.4, 0.5) is 4.39 Å². The maximum absolute atomic E-state index is 15.0. The highest BCUT2D eigenvalue weighted by Gasteiger charge is 2.30. The minimum Gasteiger partial charge on any atom is -0.481 e. The van der Waals surface area contributed by atoms with E-state index in [1.165, 1.54) is 6.07 Å². The second-order valence-electron chi connectivity index (χ2n) is 9.38. The third-order valence-corrected chi connectivity index (χ3v) is 7.58. The molecule has 1 amide bonds. The van der Waals surface area contributed by atoms with Gasteiger partial charge in [-0.3, -0.25) is 14.5 Å². The van der Waals surface area contributed by atoms with Crippen LogP contribution in [0.15, 0.2) is 36.4 Å². The van der Waals surface area contributed by atoms with E-state index in [0.717, 1.165) is 22.2 Å². The van der Waals surface area contributed by atoms with Gasteiger partial charge in [0.25, 0.3) is 0 Å². The molecule has 5 rings (SSSR count). The van der Waals surface area contributed by atoms with E-state index in [4.69, 9.17) is 23.2 Å². The van der Waals surface area contributed by atoms with Gasteiger partial charge in [0.15, 0.2) is 0 Å². The van der Waals surface area contributed by atoms with Crippen molar-refractivity contribution in [3.8, 4) is 0 Å². The lowest BCUT2D eigenvalue weighted by atomic mass is 9.97. The summed E-state index contributed by atoms with van der Waals surface area (Å²) in [7, 11) is 0. The fourth-order valence-corrected chi connectivity index (χ4v) is 5.93. The van der Waals surface area contributed by atoms with Gasteiger partial charge in [-0.1, -0.05) is 35.3 Å². The van der Waals surface area contributed by atoms with Crippen molar-refractivity contribution < 1.29 is 19.1 Å². The number of rotatable bonds is 5. The van der Waals surface area contributed by atoms with Crippen molar-refractivity contribution in [1.82, 2.24) is 14.4 Å². The number of hydrogen-bond donors (Lipinski definition) is 1. The van der Waals surface area contributed by atoms with Gasteiger partial charge in [0.1, 0.15) is 5.82 Å². The average Bonchev–Trinajstić information content (AvgIpc) is 3.13. The number of aliphatic carboxylic acids is 1. The fourth-order valence-electron chi connectivity index (χ4n) is 5.35. The van der Waals surface area contributed by atoms with Gasteiger partial charge in [0, 0.05) is 34.2 Å². The molecular weight excluding hydrogens is 528 g/mol. The largest absolute Gasteiger partial charge is 0.481 e. The number of para-hydroxylation sites is 1. The molecule has 1 aromatic heterocycles. The van der Waals surface area contributed by atoms with Gasteiger partial charge in [-0.05, 0) is 67.7 Å². The zero-order valence-corrected chi connectivity index (χ0v) is 21.9. The van der Waals surface area contributed by atoms with Crippen LogP contribution in [0.5, 0.6) is 0 Å². The van der Waals surface area contributed by atoms with Gasteiger partial charge in [-0.2, -0.15) is 0 Å². The number of hydrogen-bond acceptors (Lipinski definition) is 3. The van der Waals surface area contributed by atoms with E-state index < -0.39 is 5.97 Å². The first kappa shape index (κ1) is 26.7. The highest BCUT2D eigenvalue weighted by Crippen LogP contribution is 2.34. The quantitative estimate of drug-likeness (QED) is 0.469. The van der Waals surface area contributed by atoms with Crippen LogP contribution in [-0.2, 0) is 29.1 Å². The number of amides is 1. The summed E-state index contributed by atoms with van der Waals surface area (Å²) in [6.45, 7) is 2.81. The number of carbonyl (C=O) groups excluding carboxylic acids is 1. The normalized spacial score (nSPS) is 16.6. The molecule has 0 aliphatic carbocycles. The molecule has 0 unspecified atom stereocenters. The summed E-state index contributed by atoms with van der Waals surface area (Å²) in [6, 6.07) is 10.4. The van der Waals surface area contributed by atoms with Crippen molar-refractivity contribution in [2.24, 2.45) is 5.92 Å². The Hall–Kier alpha value is -2.32. The van der Waals surface area contributed by atoms with Gasteiger partial charge < -0.3 is 14.6 Å². The Labute approximate surface area is 225 Å². The topological polar surface area (TPSA) is 65.8 Å². The Kier molecular flexibility index (Phi) is 8.15. The molecule has 2 aromatic carbocycles. The summed E-state index contributed by atoms with van der Waals surface area (Å²) in [4.78, 5) is 28.2. The van der Waals surface area contributed by atoms with Gasteiger partial charge in [-0.25, -0.2) is 4.39 Å². The molecule has 0 radical (unpaired) electrons. The number of carboxylic acid groups (broad SMARTS) is 1. The minimum absolute atomic E-state index is 0. The second kappa shape index (κ2) is 11.0.